The molecule has 5 heteroatoms. The predicted molar refractivity (Wildman–Crippen MR) is 126 cm³/mol. The van der Waals surface area contributed by atoms with Crippen molar-refractivity contribution in [1.82, 2.24) is 0 Å². The molecule has 0 aliphatic carbocycles. The van der Waals surface area contributed by atoms with Crippen LogP contribution >= 0.6 is 0 Å². The number of hydrogen-bond acceptors (Lipinski definition) is 3. The third kappa shape index (κ3) is 10.4. The molecule has 0 aliphatic heterocycles. The number of aryl methyl sites for hydroxylation is 2. The third-order valence-corrected chi connectivity index (χ3v) is 6.94. The molecule has 0 aliphatic rings. The van der Waals surface area contributed by atoms with Gasteiger partial charge in [-0.1, -0.05) is 96.3 Å². The van der Waals surface area contributed by atoms with Crippen molar-refractivity contribution in [2.24, 2.45) is 0 Å². The minimum atomic E-state index is -4.47. The fourth-order valence-corrected chi connectivity index (χ4v) is 5.01. The van der Waals surface area contributed by atoms with Gasteiger partial charge in [0.1, 0.15) is 10.1 Å². The van der Waals surface area contributed by atoms with Crippen molar-refractivity contribution in [3.8, 4) is 0 Å². The van der Waals surface area contributed by atoms with Crippen LogP contribution in [0.15, 0.2) is 35.2 Å². The summed E-state index contributed by atoms with van der Waals surface area (Å²) in [5.41, 5.74) is 1.96. The molecule has 0 fully saturated rings. The van der Waals surface area contributed by atoms with Gasteiger partial charge in [-0.15, -0.1) is 0 Å². The molecule has 0 radical (unpaired) electrons. The predicted octanol–water partition coefficient (Wildman–Crippen LogP) is 4.55. The van der Waals surface area contributed by atoms with Crippen LogP contribution in [-0.2, 0) is 23.0 Å². The van der Waals surface area contributed by atoms with Crippen molar-refractivity contribution in [3.63, 3.8) is 0 Å². The summed E-state index contributed by atoms with van der Waals surface area (Å²) in [6.45, 7) is 4.43. The SMILES string of the molecule is CCCCCCCCc1cc2c(CCCCCCCC)cccc2cc1S(=O)(=O)[O-].[K+]. The van der Waals surface area contributed by atoms with Crippen molar-refractivity contribution in [3.05, 3.63) is 41.5 Å². The second-order valence-electron chi connectivity index (χ2n) is 8.59. The van der Waals surface area contributed by atoms with E-state index in [1.54, 1.807) is 6.07 Å². The van der Waals surface area contributed by atoms with Gasteiger partial charge in [-0.25, -0.2) is 8.42 Å². The van der Waals surface area contributed by atoms with Crippen molar-refractivity contribution >= 4 is 20.9 Å². The van der Waals surface area contributed by atoms with E-state index in [0.717, 1.165) is 36.5 Å². The summed E-state index contributed by atoms with van der Waals surface area (Å²) in [7, 11) is -4.47. The molecule has 2 aromatic rings. The van der Waals surface area contributed by atoms with Crippen LogP contribution in [0.25, 0.3) is 10.8 Å². The van der Waals surface area contributed by atoms with Crippen LogP contribution in [0.5, 0.6) is 0 Å². The van der Waals surface area contributed by atoms with E-state index in [1.165, 1.54) is 63.4 Å². The molecular formula is C26H39KO3S. The topological polar surface area (TPSA) is 57.2 Å². The summed E-state index contributed by atoms with van der Waals surface area (Å²) in [4.78, 5) is -0.0275. The monoisotopic (exact) mass is 470 g/mol. The quantitative estimate of drug-likeness (QED) is 0.218. The number of fused-ring (bicyclic) bond motifs is 1. The first kappa shape index (κ1) is 29.3. The first-order valence-electron chi connectivity index (χ1n) is 12.0. The average molecular weight is 471 g/mol. The molecular weight excluding hydrogens is 431 g/mol. The van der Waals surface area contributed by atoms with E-state index in [2.05, 4.69) is 19.9 Å². The molecule has 3 nitrogen and oxygen atoms in total. The van der Waals surface area contributed by atoms with Crippen molar-refractivity contribution in [1.29, 1.82) is 0 Å². The van der Waals surface area contributed by atoms with Gasteiger partial charge in [0.15, 0.2) is 0 Å². The molecule has 0 saturated carbocycles. The normalized spacial score (nSPS) is 11.6. The molecule has 0 amide bonds. The van der Waals surface area contributed by atoms with Gasteiger partial charge < -0.3 is 4.55 Å². The zero-order chi connectivity index (χ0) is 21.8. The molecule has 0 aromatic heterocycles. The molecule has 2 rings (SSSR count). The van der Waals surface area contributed by atoms with Gasteiger partial charge in [-0.2, -0.15) is 0 Å². The fourth-order valence-electron chi connectivity index (χ4n) is 4.25. The molecule has 0 N–H and O–H groups in total. The molecule has 2 aromatic carbocycles. The Morgan fingerprint density at radius 1 is 0.710 bits per heavy atom. The Hall–Kier alpha value is 0.246. The van der Waals surface area contributed by atoms with Crippen LogP contribution < -0.4 is 51.4 Å². The first-order valence-corrected chi connectivity index (χ1v) is 13.4. The van der Waals surface area contributed by atoms with E-state index in [1.807, 2.05) is 18.2 Å². The van der Waals surface area contributed by atoms with E-state index in [9.17, 15) is 13.0 Å². The Bertz CT molecular complexity index is 878. The molecule has 0 atom stereocenters. The van der Waals surface area contributed by atoms with Crippen LogP contribution in [0.2, 0.25) is 0 Å². The maximum atomic E-state index is 11.9. The number of rotatable bonds is 15. The molecule has 31 heavy (non-hydrogen) atoms. The maximum Gasteiger partial charge on any atom is 1.00 e. The molecule has 0 spiro atoms. The van der Waals surface area contributed by atoms with Gasteiger partial charge in [0.05, 0.1) is 4.90 Å². The number of benzene rings is 2. The molecule has 0 unspecified atom stereocenters. The Morgan fingerprint density at radius 2 is 1.23 bits per heavy atom. The van der Waals surface area contributed by atoms with Crippen LogP contribution in [-0.4, -0.2) is 13.0 Å². The molecule has 0 heterocycles. The molecule has 0 saturated heterocycles. The largest absolute Gasteiger partial charge is 1.00 e. The minimum Gasteiger partial charge on any atom is -0.744 e. The second-order valence-corrected chi connectivity index (χ2v) is 9.94. The fraction of sp³-hybridized carbons (Fsp3) is 0.615. The van der Waals surface area contributed by atoms with Crippen LogP contribution in [0.1, 0.15) is 102 Å². The summed E-state index contributed by atoms with van der Waals surface area (Å²) in [6, 6.07) is 9.63. The van der Waals surface area contributed by atoms with E-state index in [0.29, 0.717) is 12.0 Å². The minimum absolute atomic E-state index is 0. The first-order chi connectivity index (χ1) is 14.5. The van der Waals surface area contributed by atoms with Crippen LogP contribution in [0.4, 0.5) is 0 Å². The molecule has 0 bridgehead atoms. The summed E-state index contributed by atoms with van der Waals surface area (Å²) < 4.78 is 35.7. The van der Waals surface area contributed by atoms with Crippen LogP contribution in [0, 0.1) is 0 Å². The number of unbranched alkanes of at least 4 members (excludes halogenated alkanes) is 10. The van der Waals surface area contributed by atoms with Gasteiger partial charge in [-0.05, 0) is 59.7 Å². The summed E-state index contributed by atoms with van der Waals surface area (Å²) in [6.07, 6.45) is 16.1. The smallest absolute Gasteiger partial charge is 0.744 e. The van der Waals surface area contributed by atoms with Crippen molar-refractivity contribution < 1.29 is 64.4 Å². The van der Waals surface area contributed by atoms with E-state index in [-0.39, 0.29) is 56.3 Å². The van der Waals surface area contributed by atoms with Gasteiger partial charge in [0, 0.05) is 0 Å². The van der Waals surface area contributed by atoms with Crippen molar-refractivity contribution in [2.45, 2.75) is 109 Å². The zero-order valence-corrected chi connectivity index (χ0v) is 23.9. The van der Waals surface area contributed by atoms with E-state index >= 15 is 0 Å². The van der Waals surface area contributed by atoms with Gasteiger partial charge in [0.2, 0.25) is 0 Å². The molecule has 168 valence electrons. The standard InChI is InChI=1S/C26H40O3S.K/c1-3-5-7-9-11-13-16-22-18-15-19-23-21-26(30(27,28)29)24(20-25(22)23)17-14-12-10-8-6-4-2;/h15,18-21H,3-14,16-17H2,1-2H3,(H,27,28,29);/q;+1/p-1. The van der Waals surface area contributed by atoms with Gasteiger partial charge in [-0.3, -0.25) is 0 Å². The van der Waals surface area contributed by atoms with E-state index < -0.39 is 10.1 Å². The third-order valence-electron chi connectivity index (χ3n) is 6.02. The Balaban J connectivity index is 0.00000480. The zero-order valence-electron chi connectivity index (χ0n) is 19.9. The average Bonchev–Trinajstić information content (AvgIpc) is 2.72. The Labute approximate surface area is 233 Å². The number of hydrogen-bond donors (Lipinski definition) is 0. The second kappa shape index (κ2) is 16.0. The van der Waals surface area contributed by atoms with Crippen LogP contribution in [0.3, 0.4) is 0 Å². The summed E-state index contributed by atoms with van der Waals surface area (Å²) in [5, 5.41) is 1.97. The Morgan fingerprint density at radius 3 is 1.77 bits per heavy atom. The van der Waals surface area contributed by atoms with Crippen molar-refractivity contribution in [2.75, 3.05) is 0 Å². The Kier molecular flexibility index (Phi) is 15.1. The summed E-state index contributed by atoms with van der Waals surface area (Å²) in [5.74, 6) is 0. The van der Waals surface area contributed by atoms with Gasteiger partial charge in [0.25, 0.3) is 0 Å². The summed E-state index contributed by atoms with van der Waals surface area (Å²) >= 11 is 0. The van der Waals surface area contributed by atoms with Gasteiger partial charge >= 0.3 is 51.4 Å². The maximum absolute atomic E-state index is 11.9. The van der Waals surface area contributed by atoms with E-state index in [4.69, 9.17) is 0 Å².